The highest BCUT2D eigenvalue weighted by Crippen LogP contribution is 2.37. The summed E-state index contributed by atoms with van der Waals surface area (Å²) in [6, 6.07) is 4.02. The fraction of sp³-hybridized carbons (Fsp3) is 0.619. The van der Waals surface area contributed by atoms with Crippen LogP contribution in [0.5, 0.6) is 0 Å². The molecule has 2 rings (SSSR count). The van der Waals surface area contributed by atoms with E-state index in [0.29, 0.717) is 43.1 Å². The molecule has 28 heavy (non-hydrogen) atoms. The summed E-state index contributed by atoms with van der Waals surface area (Å²) in [6.45, 7) is 3.19. The minimum atomic E-state index is -0.803. The predicted octanol–water partition coefficient (Wildman–Crippen LogP) is 5.70. The first-order valence-electron chi connectivity index (χ1n) is 9.83. The average Bonchev–Trinajstić information content (AvgIpc) is 2.69. The molecule has 0 saturated carbocycles. The predicted molar refractivity (Wildman–Crippen MR) is 109 cm³/mol. The fourth-order valence-electron chi connectivity index (χ4n) is 3.65. The van der Waals surface area contributed by atoms with E-state index < -0.39 is 5.97 Å². The molecule has 0 spiro atoms. The fourth-order valence-corrected chi connectivity index (χ4v) is 4.07. The van der Waals surface area contributed by atoms with Gasteiger partial charge in [0.2, 0.25) is 0 Å². The third-order valence-electron chi connectivity index (χ3n) is 5.14. The first-order valence-corrected chi connectivity index (χ1v) is 10.6. The van der Waals surface area contributed by atoms with Gasteiger partial charge < -0.3 is 14.6 Å². The molecule has 1 fully saturated rings. The molecule has 1 aliphatic heterocycles. The van der Waals surface area contributed by atoms with Crippen molar-refractivity contribution < 1.29 is 19.4 Å². The number of ether oxygens (including phenoxy) is 2. The minimum absolute atomic E-state index is 0.113. The lowest BCUT2D eigenvalue weighted by molar-refractivity contribution is -0.161. The van der Waals surface area contributed by atoms with Crippen LogP contribution in [0.1, 0.15) is 74.5 Å². The van der Waals surface area contributed by atoms with Gasteiger partial charge in [-0.25, -0.2) is 0 Å². The van der Waals surface area contributed by atoms with Gasteiger partial charge in [0.1, 0.15) is 6.07 Å². The van der Waals surface area contributed by atoms with Crippen molar-refractivity contribution in [3.05, 3.63) is 32.8 Å². The number of carboxylic acid groups (broad SMARTS) is 1. The lowest BCUT2D eigenvalue weighted by Gasteiger charge is -2.24. The lowest BCUT2D eigenvalue weighted by atomic mass is 9.85. The Bertz CT molecular complexity index is 711. The van der Waals surface area contributed by atoms with E-state index in [0.717, 1.165) is 36.8 Å². The van der Waals surface area contributed by atoms with Crippen LogP contribution in [-0.4, -0.2) is 30.6 Å². The Kier molecular flexibility index (Phi) is 9.53. The summed E-state index contributed by atoms with van der Waals surface area (Å²) >= 11 is 12.6. The first-order chi connectivity index (χ1) is 13.5. The molecule has 1 aromatic carbocycles. The van der Waals surface area contributed by atoms with Gasteiger partial charge in [-0.2, -0.15) is 5.26 Å². The van der Waals surface area contributed by atoms with Crippen LogP contribution in [0.25, 0.3) is 0 Å². The molecule has 2 atom stereocenters. The molecule has 1 N–H and O–H groups in total. The highest BCUT2D eigenvalue weighted by molar-refractivity contribution is 6.42. The SMILES string of the molecule is CCC(CCCC(=O)O)c1cc(Cl)c(Cl)c(C#N)c1CCOC1CCCCO1. The van der Waals surface area contributed by atoms with E-state index in [1.165, 1.54) is 0 Å². The Hall–Kier alpha value is -1.32. The van der Waals surface area contributed by atoms with Crippen LogP contribution < -0.4 is 0 Å². The van der Waals surface area contributed by atoms with E-state index in [-0.39, 0.29) is 23.7 Å². The second kappa shape index (κ2) is 11.6. The molecule has 1 aromatic rings. The van der Waals surface area contributed by atoms with Gasteiger partial charge in [-0.15, -0.1) is 0 Å². The van der Waals surface area contributed by atoms with Crippen molar-refractivity contribution in [3.8, 4) is 6.07 Å². The second-order valence-corrected chi connectivity index (χ2v) is 7.82. The molecule has 0 aliphatic carbocycles. The van der Waals surface area contributed by atoms with E-state index in [2.05, 4.69) is 13.0 Å². The van der Waals surface area contributed by atoms with Gasteiger partial charge in [0.15, 0.2) is 6.29 Å². The Morgan fingerprint density at radius 2 is 2.25 bits per heavy atom. The van der Waals surface area contributed by atoms with Crippen molar-refractivity contribution in [3.63, 3.8) is 0 Å². The Morgan fingerprint density at radius 1 is 1.46 bits per heavy atom. The average molecular weight is 428 g/mol. The van der Waals surface area contributed by atoms with Crippen LogP contribution in [0, 0.1) is 11.3 Å². The van der Waals surface area contributed by atoms with Crippen molar-refractivity contribution in [2.75, 3.05) is 13.2 Å². The number of benzene rings is 1. The van der Waals surface area contributed by atoms with Crippen molar-refractivity contribution in [2.45, 2.75) is 70.5 Å². The van der Waals surface area contributed by atoms with Crippen molar-refractivity contribution in [1.82, 2.24) is 0 Å². The van der Waals surface area contributed by atoms with Gasteiger partial charge in [-0.1, -0.05) is 30.1 Å². The number of nitrogens with zero attached hydrogens (tertiary/aromatic N) is 1. The quantitative estimate of drug-likeness (QED) is 0.517. The van der Waals surface area contributed by atoms with Crippen LogP contribution >= 0.6 is 23.2 Å². The number of hydrogen-bond acceptors (Lipinski definition) is 4. The Morgan fingerprint density at radius 3 is 2.86 bits per heavy atom. The van der Waals surface area contributed by atoms with E-state index in [9.17, 15) is 10.1 Å². The Labute approximate surface area is 176 Å². The maximum atomic E-state index is 10.9. The van der Waals surface area contributed by atoms with E-state index in [1.54, 1.807) is 0 Å². The summed E-state index contributed by atoms with van der Waals surface area (Å²) in [4.78, 5) is 10.9. The van der Waals surface area contributed by atoms with Gasteiger partial charge in [0.05, 0.1) is 22.2 Å². The Balaban J connectivity index is 2.20. The van der Waals surface area contributed by atoms with Crippen molar-refractivity contribution in [2.24, 2.45) is 0 Å². The molecule has 154 valence electrons. The third kappa shape index (κ3) is 6.35. The van der Waals surface area contributed by atoms with E-state index in [1.807, 2.05) is 6.07 Å². The van der Waals surface area contributed by atoms with Gasteiger partial charge in [0, 0.05) is 13.0 Å². The molecular formula is C21H27Cl2NO4. The molecule has 5 nitrogen and oxygen atoms in total. The maximum absolute atomic E-state index is 10.9. The summed E-state index contributed by atoms with van der Waals surface area (Å²) in [5.74, 6) is -0.690. The molecule has 0 radical (unpaired) electrons. The number of nitriles is 1. The zero-order chi connectivity index (χ0) is 20.5. The van der Waals surface area contributed by atoms with Crippen LogP contribution in [-0.2, 0) is 20.7 Å². The van der Waals surface area contributed by atoms with Crippen LogP contribution in [0.4, 0.5) is 0 Å². The normalized spacial score (nSPS) is 17.9. The van der Waals surface area contributed by atoms with Crippen molar-refractivity contribution >= 4 is 29.2 Å². The van der Waals surface area contributed by atoms with Crippen LogP contribution in [0.3, 0.4) is 0 Å². The molecule has 7 heteroatoms. The summed E-state index contributed by atoms with van der Waals surface area (Å²) in [5.41, 5.74) is 2.19. The smallest absolute Gasteiger partial charge is 0.303 e. The van der Waals surface area contributed by atoms with E-state index in [4.69, 9.17) is 37.8 Å². The molecule has 2 unspecified atom stereocenters. The molecule has 0 bridgehead atoms. The summed E-state index contributed by atoms with van der Waals surface area (Å²) in [7, 11) is 0. The zero-order valence-corrected chi connectivity index (χ0v) is 17.7. The number of aliphatic carboxylic acids is 1. The maximum Gasteiger partial charge on any atom is 0.303 e. The topological polar surface area (TPSA) is 79.5 Å². The first kappa shape index (κ1) is 23.0. The van der Waals surface area contributed by atoms with E-state index >= 15 is 0 Å². The summed E-state index contributed by atoms with van der Waals surface area (Å²) in [5, 5.41) is 19.2. The number of rotatable bonds is 10. The molecule has 1 heterocycles. The van der Waals surface area contributed by atoms with Crippen LogP contribution in [0.2, 0.25) is 10.0 Å². The molecule has 0 amide bonds. The highest BCUT2D eigenvalue weighted by Gasteiger charge is 2.22. The minimum Gasteiger partial charge on any atom is -0.481 e. The monoisotopic (exact) mass is 427 g/mol. The number of halogens is 2. The van der Waals surface area contributed by atoms with Gasteiger partial charge in [-0.05, 0) is 68.1 Å². The van der Waals surface area contributed by atoms with Crippen LogP contribution in [0.15, 0.2) is 6.07 Å². The molecular weight excluding hydrogens is 401 g/mol. The third-order valence-corrected chi connectivity index (χ3v) is 5.93. The lowest BCUT2D eigenvalue weighted by Crippen LogP contribution is -2.23. The van der Waals surface area contributed by atoms with Gasteiger partial charge in [-0.3, -0.25) is 4.79 Å². The molecule has 0 aromatic heterocycles. The van der Waals surface area contributed by atoms with Gasteiger partial charge >= 0.3 is 5.97 Å². The number of hydrogen-bond donors (Lipinski definition) is 1. The standard InChI is InChI=1S/C21H27Cl2NO4/c1-2-14(6-5-7-19(25)26)16-12-18(22)21(23)17(13-24)15(16)9-11-28-20-8-3-4-10-27-20/h12,14,20H,2-11H2,1H3,(H,25,26). The van der Waals surface area contributed by atoms with Crippen molar-refractivity contribution in [1.29, 1.82) is 5.26 Å². The second-order valence-electron chi connectivity index (χ2n) is 7.04. The zero-order valence-electron chi connectivity index (χ0n) is 16.2. The summed E-state index contributed by atoms with van der Waals surface area (Å²) < 4.78 is 11.5. The highest BCUT2D eigenvalue weighted by atomic mass is 35.5. The van der Waals surface area contributed by atoms with Gasteiger partial charge in [0.25, 0.3) is 0 Å². The number of carbonyl (C=O) groups is 1. The largest absolute Gasteiger partial charge is 0.481 e. The number of carboxylic acids is 1. The molecule has 1 saturated heterocycles. The summed E-state index contributed by atoms with van der Waals surface area (Å²) in [6.07, 6.45) is 5.60. The molecule has 1 aliphatic rings.